The Labute approximate surface area is 124 Å². The van der Waals surface area contributed by atoms with Crippen molar-refractivity contribution in [1.29, 1.82) is 0 Å². The van der Waals surface area contributed by atoms with Gasteiger partial charge in [0, 0.05) is 12.1 Å². The average molecular weight is 317 g/mol. The molecule has 0 aliphatic rings. The average Bonchev–Trinajstić information content (AvgIpc) is 2.41. The van der Waals surface area contributed by atoms with E-state index in [-0.39, 0.29) is 23.2 Å². The number of benzene rings is 1. The van der Waals surface area contributed by atoms with E-state index in [0.29, 0.717) is 5.56 Å². The van der Waals surface area contributed by atoms with Crippen LogP contribution in [-0.4, -0.2) is 4.98 Å². The Hall–Kier alpha value is -1.79. The molecule has 0 bridgehead atoms. The first-order chi connectivity index (χ1) is 9.81. The van der Waals surface area contributed by atoms with Crippen LogP contribution in [0.5, 0.6) is 11.6 Å². The second-order valence-corrected chi connectivity index (χ2v) is 4.81. The molecule has 2 rings (SSSR count). The zero-order chi connectivity index (χ0) is 15.6. The Balaban J connectivity index is 2.42. The van der Waals surface area contributed by atoms with Crippen molar-refractivity contribution in [3.05, 3.63) is 52.2 Å². The van der Waals surface area contributed by atoms with Gasteiger partial charge in [0.1, 0.15) is 11.4 Å². The van der Waals surface area contributed by atoms with Gasteiger partial charge in [-0.15, -0.1) is 0 Å². The van der Waals surface area contributed by atoms with Gasteiger partial charge in [0.05, 0.1) is 5.02 Å². The van der Waals surface area contributed by atoms with Gasteiger partial charge in [-0.1, -0.05) is 23.7 Å². The fourth-order valence-corrected chi connectivity index (χ4v) is 1.94. The number of halogens is 4. The molecule has 0 aliphatic carbocycles. The molecule has 0 saturated heterocycles. The van der Waals surface area contributed by atoms with E-state index in [1.54, 1.807) is 18.2 Å². The van der Waals surface area contributed by atoms with E-state index in [1.165, 1.54) is 6.07 Å². The Morgan fingerprint density at radius 1 is 1.24 bits per heavy atom. The fraction of sp³-hybridized carbons (Fsp3) is 0.214. The predicted octanol–water partition coefficient (Wildman–Crippen LogP) is 4.31. The number of hydrogen-bond acceptors (Lipinski definition) is 3. The fourth-order valence-electron chi connectivity index (χ4n) is 1.66. The molecule has 0 saturated carbocycles. The summed E-state index contributed by atoms with van der Waals surface area (Å²) >= 11 is 6.00. The number of nitrogens with zero attached hydrogens (tertiary/aromatic N) is 1. The maximum atomic E-state index is 12.7. The van der Waals surface area contributed by atoms with Crippen LogP contribution in [-0.2, 0) is 12.7 Å². The summed E-state index contributed by atoms with van der Waals surface area (Å²) < 4.78 is 43.5. The number of hydrogen-bond donors (Lipinski definition) is 1. The van der Waals surface area contributed by atoms with Crippen LogP contribution < -0.4 is 10.5 Å². The maximum Gasteiger partial charge on any atom is 0.433 e. The first-order valence-electron chi connectivity index (χ1n) is 6.02. The molecule has 0 atom stereocenters. The molecule has 21 heavy (non-hydrogen) atoms. The van der Waals surface area contributed by atoms with Gasteiger partial charge in [-0.25, -0.2) is 4.98 Å². The van der Waals surface area contributed by atoms with Crippen molar-refractivity contribution in [3.63, 3.8) is 0 Å². The topological polar surface area (TPSA) is 48.1 Å². The monoisotopic (exact) mass is 316 g/mol. The molecule has 1 aromatic carbocycles. The van der Waals surface area contributed by atoms with Gasteiger partial charge in [-0.05, 0) is 30.7 Å². The lowest BCUT2D eigenvalue weighted by molar-refractivity contribution is -0.141. The summed E-state index contributed by atoms with van der Waals surface area (Å²) in [7, 11) is 0. The zero-order valence-corrected chi connectivity index (χ0v) is 11.8. The molecule has 1 aromatic heterocycles. The van der Waals surface area contributed by atoms with Crippen LogP contribution in [0, 0.1) is 6.92 Å². The smallest absolute Gasteiger partial charge is 0.433 e. The number of alkyl halides is 3. The third kappa shape index (κ3) is 3.65. The number of pyridine rings is 1. The predicted molar refractivity (Wildman–Crippen MR) is 73.4 cm³/mol. The minimum absolute atomic E-state index is 0.00392. The molecule has 0 fully saturated rings. The molecule has 0 aliphatic heterocycles. The van der Waals surface area contributed by atoms with Crippen LogP contribution in [0.15, 0.2) is 30.3 Å². The number of aryl methyl sites for hydroxylation is 1. The number of ether oxygens (including phenoxy) is 1. The van der Waals surface area contributed by atoms with Gasteiger partial charge in [0.2, 0.25) is 5.88 Å². The van der Waals surface area contributed by atoms with Crippen LogP contribution in [0.4, 0.5) is 13.2 Å². The Morgan fingerprint density at radius 2 is 1.95 bits per heavy atom. The van der Waals surface area contributed by atoms with Crippen LogP contribution in [0.3, 0.4) is 0 Å². The summed E-state index contributed by atoms with van der Waals surface area (Å²) in [6.07, 6.45) is -4.55. The summed E-state index contributed by atoms with van der Waals surface area (Å²) in [6, 6.07) is 7.06. The van der Waals surface area contributed by atoms with Gasteiger partial charge < -0.3 is 10.5 Å². The first-order valence-corrected chi connectivity index (χ1v) is 6.40. The summed E-state index contributed by atoms with van der Waals surface area (Å²) in [5, 5.41) is 0.289. The normalized spacial score (nSPS) is 11.5. The maximum absolute atomic E-state index is 12.7. The molecule has 0 unspecified atom stereocenters. The Kier molecular flexibility index (Phi) is 4.39. The van der Waals surface area contributed by atoms with Crippen LogP contribution in [0.2, 0.25) is 5.02 Å². The zero-order valence-electron chi connectivity index (χ0n) is 11.0. The lowest BCUT2D eigenvalue weighted by Gasteiger charge is -2.13. The summed E-state index contributed by atoms with van der Waals surface area (Å²) in [5.74, 6) is 0.0295. The van der Waals surface area contributed by atoms with E-state index in [2.05, 4.69) is 4.98 Å². The van der Waals surface area contributed by atoms with Crippen molar-refractivity contribution >= 4 is 11.6 Å². The molecular weight excluding hydrogens is 305 g/mol. The van der Waals surface area contributed by atoms with Crippen molar-refractivity contribution in [2.75, 3.05) is 0 Å². The van der Waals surface area contributed by atoms with E-state index in [1.807, 2.05) is 6.92 Å². The summed E-state index contributed by atoms with van der Waals surface area (Å²) in [5.41, 5.74) is 5.71. The minimum Gasteiger partial charge on any atom is -0.437 e. The largest absolute Gasteiger partial charge is 0.437 e. The second kappa shape index (κ2) is 5.91. The van der Waals surface area contributed by atoms with Gasteiger partial charge in [-0.2, -0.15) is 13.2 Å². The standard InChI is InChI=1S/C14H12ClF3N2O/c1-8-2-4-11(10(15)6-8)21-13-9(7-19)3-5-12(20-13)14(16,17)18/h2-6H,7,19H2,1H3. The third-order valence-electron chi connectivity index (χ3n) is 2.74. The van der Waals surface area contributed by atoms with E-state index < -0.39 is 11.9 Å². The van der Waals surface area contributed by atoms with Crippen molar-refractivity contribution in [2.45, 2.75) is 19.6 Å². The van der Waals surface area contributed by atoms with Crippen molar-refractivity contribution in [2.24, 2.45) is 5.73 Å². The van der Waals surface area contributed by atoms with Crippen molar-refractivity contribution in [3.8, 4) is 11.6 Å². The van der Waals surface area contributed by atoms with Crippen LogP contribution >= 0.6 is 11.6 Å². The molecule has 0 radical (unpaired) electrons. The lowest BCUT2D eigenvalue weighted by atomic mass is 10.2. The molecule has 0 amide bonds. The van der Waals surface area contributed by atoms with Gasteiger partial charge in [-0.3, -0.25) is 0 Å². The third-order valence-corrected chi connectivity index (χ3v) is 3.04. The van der Waals surface area contributed by atoms with Crippen molar-refractivity contribution in [1.82, 2.24) is 4.98 Å². The second-order valence-electron chi connectivity index (χ2n) is 4.40. The van der Waals surface area contributed by atoms with Crippen LogP contribution in [0.25, 0.3) is 0 Å². The highest BCUT2D eigenvalue weighted by atomic mass is 35.5. The molecule has 2 aromatic rings. The molecule has 3 nitrogen and oxygen atoms in total. The van der Waals surface area contributed by atoms with Crippen molar-refractivity contribution < 1.29 is 17.9 Å². The van der Waals surface area contributed by atoms with Gasteiger partial charge >= 0.3 is 6.18 Å². The van der Waals surface area contributed by atoms with E-state index >= 15 is 0 Å². The van der Waals surface area contributed by atoms with E-state index in [0.717, 1.165) is 11.6 Å². The quantitative estimate of drug-likeness (QED) is 0.917. The lowest BCUT2D eigenvalue weighted by Crippen LogP contribution is -2.10. The molecule has 112 valence electrons. The Morgan fingerprint density at radius 3 is 2.52 bits per heavy atom. The van der Waals surface area contributed by atoms with E-state index in [4.69, 9.17) is 22.1 Å². The SMILES string of the molecule is Cc1ccc(Oc2nc(C(F)(F)F)ccc2CN)c(Cl)c1. The molecule has 1 heterocycles. The summed E-state index contributed by atoms with van der Waals surface area (Å²) in [6.45, 7) is 1.84. The molecular formula is C14H12ClF3N2O. The number of rotatable bonds is 3. The number of nitrogens with two attached hydrogens (primary N) is 1. The molecule has 2 N–H and O–H groups in total. The minimum atomic E-state index is -4.55. The van der Waals surface area contributed by atoms with Crippen LogP contribution in [0.1, 0.15) is 16.8 Å². The highest BCUT2D eigenvalue weighted by Crippen LogP contribution is 2.34. The Bertz CT molecular complexity index is 659. The highest BCUT2D eigenvalue weighted by Gasteiger charge is 2.33. The van der Waals surface area contributed by atoms with Gasteiger partial charge in [0.15, 0.2) is 0 Å². The number of aromatic nitrogens is 1. The molecule has 7 heteroatoms. The van der Waals surface area contributed by atoms with E-state index in [9.17, 15) is 13.2 Å². The highest BCUT2D eigenvalue weighted by molar-refractivity contribution is 6.32. The molecule has 0 spiro atoms. The summed E-state index contributed by atoms with van der Waals surface area (Å²) in [4.78, 5) is 3.49. The van der Waals surface area contributed by atoms with Gasteiger partial charge in [0.25, 0.3) is 0 Å². The first kappa shape index (κ1) is 15.6.